The molecule has 6 nitrogen and oxygen atoms in total. The zero-order valence-electron chi connectivity index (χ0n) is 17.6. The average Bonchev–Trinajstić information content (AvgIpc) is 2.82. The Hall–Kier alpha value is -3.16. The molecule has 0 aliphatic carbocycles. The molecule has 0 heterocycles. The van der Waals surface area contributed by atoms with Gasteiger partial charge in [0.1, 0.15) is 0 Å². The highest BCUT2D eigenvalue weighted by Gasteiger charge is 2.24. The number of anilines is 1. The Kier molecular flexibility index (Phi) is 7.44. The van der Waals surface area contributed by atoms with Gasteiger partial charge in [-0.2, -0.15) is 0 Å². The standard InChI is InChI=1S/C24H26N2O4S/c1-25(22-13-7-4-8-14-22)31(28,29)23-15-9-12-21(18-23)24(27)26(16-17-30-2)19-20-10-5-3-6-11-20/h3-15,18H,16-17,19H2,1-2H3. The van der Waals surface area contributed by atoms with Crippen molar-refractivity contribution in [3.8, 4) is 0 Å². The number of hydrogen-bond acceptors (Lipinski definition) is 4. The summed E-state index contributed by atoms with van der Waals surface area (Å²) in [7, 11) is -0.731. The predicted octanol–water partition coefficient (Wildman–Crippen LogP) is 3.80. The van der Waals surface area contributed by atoms with Gasteiger partial charge < -0.3 is 9.64 Å². The van der Waals surface area contributed by atoms with Gasteiger partial charge in [-0.15, -0.1) is 0 Å². The second-order valence-electron chi connectivity index (χ2n) is 7.04. The molecule has 0 spiro atoms. The number of hydrogen-bond donors (Lipinski definition) is 0. The third kappa shape index (κ3) is 5.51. The van der Waals surface area contributed by atoms with Crippen molar-refractivity contribution >= 4 is 21.6 Å². The van der Waals surface area contributed by atoms with Gasteiger partial charge in [0, 0.05) is 32.8 Å². The first-order valence-electron chi connectivity index (χ1n) is 9.89. The van der Waals surface area contributed by atoms with Crippen molar-refractivity contribution in [3.63, 3.8) is 0 Å². The lowest BCUT2D eigenvalue weighted by atomic mass is 10.1. The van der Waals surface area contributed by atoms with E-state index in [9.17, 15) is 13.2 Å². The lowest BCUT2D eigenvalue weighted by Gasteiger charge is -2.23. The van der Waals surface area contributed by atoms with Crippen LogP contribution in [0.5, 0.6) is 0 Å². The second-order valence-corrected chi connectivity index (χ2v) is 9.01. The van der Waals surface area contributed by atoms with Crippen LogP contribution >= 0.6 is 0 Å². The van der Waals surface area contributed by atoms with Crippen molar-refractivity contribution < 1.29 is 17.9 Å². The Balaban J connectivity index is 1.88. The lowest BCUT2D eigenvalue weighted by Crippen LogP contribution is -2.33. The first kappa shape index (κ1) is 22.5. The first-order chi connectivity index (χ1) is 14.9. The van der Waals surface area contributed by atoms with Crippen LogP contribution in [0.1, 0.15) is 15.9 Å². The number of methoxy groups -OCH3 is 1. The molecule has 0 saturated carbocycles. The van der Waals surface area contributed by atoms with Crippen molar-refractivity contribution in [3.05, 3.63) is 96.1 Å². The van der Waals surface area contributed by atoms with Gasteiger partial charge in [0.15, 0.2) is 0 Å². The Morgan fingerprint density at radius 1 is 0.903 bits per heavy atom. The highest BCUT2D eigenvalue weighted by molar-refractivity contribution is 7.92. The normalized spacial score (nSPS) is 11.2. The maximum absolute atomic E-state index is 13.2. The van der Waals surface area contributed by atoms with Crippen LogP contribution < -0.4 is 4.31 Å². The summed E-state index contributed by atoms with van der Waals surface area (Å²) in [6.07, 6.45) is 0. The van der Waals surface area contributed by atoms with Gasteiger partial charge in [-0.05, 0) is 35.9 Å². The third-order valence-corrected chi connectivity index (χ3v) is 6.71. The third-order valence-electron chi connectivity index (χ3n) is 4.93. The van der Waals surface area contributed by atoms with Crippen LogP contribution in [0, 0.1) is 0 Å². The quantitative estimate of drug-likeness (QED) is 0.510. The molecule has 0 N–H and O–H groups in total. The summed E-state index contributed by atoms with van der Waals surface area (Å²) in [5, 5.41) is 0. The van der Waals surface area contributed by atoms with Gasteiger partial charge in [-0.25, -0.2) is 8.42 Å². The first-order valence-corrected chi connectivity index (χ1v) is 11.3. The topological polar surface area (TPSA) is 66.9 Å². The largest absolute Gasteiger partial charge is 0.383 e. The summed E-state index contributed by atoms with van der Waals surface area (Å²) in [5.74, 6) is -0.250. The Bertz CT molecular complexity index is 1100. The maximum atomic E-state index is 13.2. The van der Waals surface area contributed by atoms with Crippen LogP contribution in [0.25, 0.3) is 0 Å². The fourth-order valence-corrected chi connectivity index (χ4v) is 4.41. The van der Waals surface area contributed by atoms with E-state index in [1.807, 2.05) is 36.4 Å². The summed E-state index contributed by atoms with van der Waals surface area (Å²) in [6, 6.07) is 24.6. The molecule has 7 heteroatoms. The fraction of sp³-hybridized carbons (Fsp3) is 0.208. The van der Waals surface area contributed by atoms with Crippen LogP contribution in [-0.4, -0.2) is 46.5 Å². The number of sulfonamides is 1. The van der Waals surface area contributed by atoms with Crippen molar-refractivity contribution in [1.82, 2.24) is 4.90 Å². The molecular weight excluding hydrogens is 412 g/mol. The zero-order valence-corrected chi connectivity index (χ0v) is 18.5. The lowest BCUT2D eigenvalue weighted by molar-refractivity contribution is 0.0680. The number of carbonyl (C=O) groups is 1. The molecular formula is C24H26N2O4S. The number of carbonyl (C=O) groups excluding carboxylic acids is 1. The Labute approximate surface area is 183 Å². The molecule has 0 aromatic heterocycles. The second kappa shape index (κ2) is 10.2. The molecule has 0 radical (unpaired) electrons. The molecule has 0 saturated heterocycles. The number of para-hydroxylation sites is 1. The minimum Gasteiger partial charge on any atom is -0.383 e. The highest BCUT2D eigenvalue weighted by atomic mass is 32.2. The molecule has 0 atom stereocenters. The molecule has 0 bridgehead atoms. The molecule has 1 amide bonds. The van der Waals surface area contributed by atoms with Crippen LogP contribution in [-0.2, 0) is 21.3 Å². The highest BCUT2D eigenvalue weighted by Crippen LogP contribution is 2.23. The van der Waals surface area contributed by atoms with E-state index in [1.54, 1.807) is 48.4 Å². The van der Waals surface area contributed by atoms with Gasteiger partial charge in [-0.3, -0.25) is 9.10 Å². The van der Waals surface area contributed by atoms with Crippen molar-refractivity contribution in [2.24, 2.45) is 0 Å². The van der Waals surface area contributed by atoms with E-state index in [-0.39, 0.29) is 10.8 Å². The van der Waals surface area contributed by atoms with Gasteiger partial charge in [0.25, 0.3) is 15.9 Å². The minimum atomic E-state index is -3.81. The molecule has 0 aliphatic heterocycles. The summed E-state index contributed by atoms with van der Waals surface area (Å²) < 4.78 is 32.6. The van der Waals surface area contributed by atoms with E-state index in [4.69, 9.17) is 4.74 Å². The van der Waals surface area contributed by atoms with E-state index in [0.717, 1.165) is 5.56 Å². The Morgan fingerprint density at radius 2 is 1.55 bits per heavy atom. The number of benzene rings is 3. The van der Waals surface area contributed by atoms with Crippen LogP contribution in [0.4, 0.5) is 5.69 Å². The van der Waals surface area contributed by atoms with E-state index >= 15 is 0 Å². The van der Waals surface area contributed by atoms with Gasteiger partial charge >= 0.3 is 0 Å². The van der Waals surface area contributed by atoms with Crippen molar-refractivity contribution in [2.45, 2.75) is 11.4 Å². The van der Waals surface area contributed by atoms with Crippen LogP contribution in [0.3, 0.4) is 0 Å². The monoisotopic (exact) mass is 438 g/mol. The van der Waals surface area contributed by atoms with Gasteiger partial charge in [0.2, 0.25) is 0 Å². The predicted molar refractivity (Wildman–Crippen MR) is 122 cm³/mol. The minimum absolute atomic E-state index is 0.0658. The molecule has 3 aromatic carbocycles. The fourth-order valence-electron chi connectivity index (χ4n) is 3.16. The summed E-state index contributed by atoms with van der Waals surface area (Å²) >= 11 is 0. The van der Waals surface area contributed by atoms with E-state index in [2.05, 4.69) is 0 Å². The number of rotatable bonds is 9. The molecule has 162 valence electrons. The Morgan fingerprint density at radius 3 is 2.19 bits per heavy atom. The molecule has 3 rings (SSSR count). The molecule has 0 unspecified atom stereocenters. The molecule has 31 heavy (non-hydrogen) atoms. The van der Waals surface area contributed by atoms with Crippen LogP contribution in [0.15, 0.2) is 89.8 Å². The average molecular weight is 439 g/mol. The molecule has 0 fully saturated rings. The number of amides is 1. The molecule has 0 aliphatic rings. The van der Waals surface area contributed by atoms with Crippen molar-refractivity contribution in [1.29, 1.82) is 0 Å². The summed E-state index contributed by atoms with van der Waals surface area (Å²) in [6.45, 7) is 1.18. The summed E-state index contributed by atoms with van der Waals surface area (Å²) in [5.41, 5.74) is 1.85. The number of ether oxygens (including phenoxy) is 1. The molecule has 3 aromatic rings. The van der Waals surface area contributed by atoms with Crippen molar-refractivity contribution in [2.75, 3.05) is 31.6 Å². The maximum Gasteiger partial charge on any atom is 0.264 e. The zero-order chi connectivity index (χ0) is 22.3. The smallest absolute Gasteiger partial charge is 0.264 e. The summed E-state index contributed by atoms with van der Waals surface area (Å²) in [4.78, 5) is 15.0. The SMILES string of the molecule is COCCN(Cc1ccccc1)C(=O)c1cccc(S(=O)(=O)N(C)c2ccccc2)c1. The van der Waals surface area contributed by atoms with E-state index in [0.29, 0.717) is 30.9 Å². The van der Waals surface area contributed by atoms with E-state index in [1.165, 1.54) is 23.5 Å². The van der Waals surface area contributed by atoms with Gasteiger partial charge in [0.05, 0.1) is 17.2 Å². The van der Waals surface area contributed by atoms with Crippen LogP contribution in [0.2, 0.25) is 0 Å². The van der Waals surface area contributed by atoms with Gasteiger partial charge in [-0.1, -0.05) is 54.6 Å². The number of nitrogens with zero attached hydrogens (tertiary/aromatic N) is 2. The van der Waals surface area contributed by atoms with E-state index < -0.39 is 10.0 Å².